The highest BCUT2D eigenvalue weighted by Crippen LogP contribution is 2.64. The number of hydrogen-bond acceptors (Lipinski definition) is 2. The van der Waals surface area contributed by atoms with Gasteiger partial charge in [0.25, 0.3) is 0 Å². The van der Waals surface area contributed by atoms with Crippen LogP contribution >= 0.6 is 0 Å². The number of aliphatic hydroxyl groups is 1. The van der Waals surface area contributed by atoms with Gasteiger partial charge in [0.2, 0.25) is 0 Å². The lowest BCUT2D eigenvalue weighted by Crippen LogP contribution is -2.53. The average molecular weight is 302 g/mol. The minimum atomic E-state index is -0.0991. The normalized spacial score (nSPS) is 54.3. The van der Waals surface area contributed by atoms with Crippen molar-refractivity contribution >= 4 is 5.78 Å². The number of carbonyl (C=O) groups is 1. The van der Waals surface area contributed by atoms with Gasteiger partial charge in [-0.2, -0.15) is 0 Å². The third-order valence-corrected chi connectivity index (χ3v) is 7.89. The first kappa shape index (κ1) is 14.9. The van der Waals surface area contributed by atoms with Crippen molar-refractivity contribution in [3.63, 3.8) is 0 Å². The van der Waals surface area contributed by atoms with E-state index in [9.17, 15) is 9.90 Å². The van der Waals surface area contributed by atoms with Crippen LogP contribution in [-0.4, -0.2) is 17.0 Å². The molecule has 0 saturated heterocycles. The summed E-state index contributed by atoms with van der Waals surface area (Å²) in [5, 5.41) is 10.6. The van der Waals surface area contributed by atoms with Gasteiger partial charge in [-0.25, -0.2) is 0 Å². The fourth-order valence-electron chi connectivity index (χ4n) is 7.11. The summed E-state index contributed by atoms with van der Waals surface area (Å²) in [4.78, 5) is 11.8. The van der Waals surface area contributed by atoms with Gasteiger partial charge in [-0.3, -0.25) is 4.79 Å². The molecule has 0 aromatic rings. The molecule has 4 rings (SSSR count). The predicted octanol–water partition coefficient (Wildman–Crippen LogP) is 3.98. The highest BCUT2D eigenvalue weighted by Gasteiger charge is 2.59. The van der Waals surface area contributed by atoms with E-state index < -0.39 is 0 Å². The number of ketones is 1. The lowest BCUT2D eigenvalue weighted by molar-refractivity contribution is -0.118. The van der Waals surface area contributed by atoms with E-state index in [2.05, 4.69) is 20.8 Å². The van der Waals surface area contributed by atoms with E-state index in [1.165, 1.54) is 18.4 Å². The van der Waals surface area contributed by atoms with E-state index in [4.69, 9.17) is 0 Å². The molecule has 0 aliphatic heterocycles. The van der Waals surface area contributed by atoms with Crippen LogP contribution in [0.2, 0.25) is 0 Å². The molecule has 0 radical (unpaired) electrons. The van der Waals surface area contributed by atoms with E-state index in [0.717, 1.165) is 37.5 Å². The van der Waals surface area contributed by atoms with Gasteiger partial charge in [0.05, 0.1) is 6.10 Å². The zero-order valence-corrected chi connectivity index (χ0v) is 14.2. The Labute approximate surface area is 134 Å². The molecule has 0 spiro atoms. The fourth-order valence-corrected chi connectivity index (χ4v) is 7.11. The smallest absolute Gasteiger partial charge is 0.155 e. The molecule has 22 heavy (non-hydrogen) atoms. The quantitative estimate of drug-likeness (QED) is 0.735. The van der Waals surface area contributed by atoms with Gasteiger partial charge in [-0.1, -0.05) is 26.3 Å². The Balaban J connectivity index is 1.73. The standard InChI is InChI=1S/C20H30O2/c1-11-8-13-9-14(21)4-5-15(13)18-12(2)10-20(3)16(19(11)18)6-7-17(20)22/h9,11-12,15-19,22H,4-8,10H2,1-3H3/t11-,12+,15+,16+,17+,18-,19+,20+/m1/s1. The van der Waals surface area contributed by atoms with E-state index >= 15 is 0 Å². The Morgan fingerprint density at radius 3 is 2.68 bits per heavy atom. The lowest BCUT2D eigenvalue weighted by Gasteiger charge is -2.58. The molecule has 2 nitrogen and oxygen atoms in total. The van der Waals surface area contributed by atoms with Crippen LogP contribution in [0.5, 0.6) is 0 Å². The van der Waals surface area contributed by atoms with Crippen LogP contribution < -0.4 is 0 Å². The molecule has 0 heterocycles. The molecular weight excluding hydrogens is 272 g/mol. The topological polar surface area (TPSA) is 37.3 Å². The molecule has 0 aromatic heterocycles. The summed E-state index contributed by atoms with van der Waals surface area (Å²) in [6, 6.07) is 0. The van der Waals surface area contributed by atoms with Crippen molar-refractivity contribution < 1.29 is 9.90 Å². The summed E-state index contributed by atoms with van der Waals surface area (Å²) in [6.45, 7) is 7.16. The van der Waals surface area contributed by atoms with Crippen LogP contribution in [0.25, 0.3) is 0 Å². The summed E-state index contributed by atoms with van der Waals surface area (Å²) in [6.07, 6.45) is 8.22. The van der Waals surface area contributed by atoms with E-state index in [1.54, 1.807) is 0 Å². The van der Waals surface area contributed by atoms with Crippen LogP contribution in [0.1, 0.15) is 59.3 Å². The summed E-state index contributed by atoms with van der Waals surface area (Å²) >= 11 is 0. The number of fused-ring (bicyclic) bond motifs is 5. The molecule has 2 heteroatoms. The van der Waals surface area contributed by atoms with E-state index in [-0.39, 0.29) is 11.5 Å². The molecule has 4 aliphatic carbocycles. The SMILES string of the molecule is C[C@@H]1CC2=CC(=O)CC[C@@H]2[C@@H]2[C@@H]1[C@@H]1CC[C@H](O)[C@@]1(C)C[C@@H]2C. The highest BCUT2D eigenvalue weighted by atomic mass is 16.3. The van der Waals surface area contributed by atoms with Crippen molar-refractivity contribution in [2.75, 3.05) is 0 Å². The Morgan fingerprint density at radius 1 is 1.14 bits per heavy atom. The van der Waals surface area contributed by atoms with Crippen molar-refractivity contribution in [3.05, 3.63) is 11.6 Å². The molecule has 0 unspecified atom stereocenters. The molecule has 0 aromatic carbocycles. The second kappa shape index (κ2) is 4.93. The maximum Gasteiger partial charge on any atom is 0.155 e. The molecule has 3 fully saturated rings. The minimum absolute atomic E-state index is 0.0991. The minimum Gasteiger partial charge on any atom is -0.393 e. The van der Waals surface area contributed by atoms with Gasteiger partial charge in [-0.15, -0.1) is 0 Å². The molecular formula is C20H30O2. The molecule has 122 valence electrons. The van der Waals surface area contributed by atoms with Gasteiger partial charge in [0.15, 0.2) is 5.78 Å². The van der Waals surface area contributed by atoms with Crippen molar-refractivity contribution in [1.82, 2.24) is 0 Å². The predicted molar refractivity (Wildman–Crippen MR) is 87.2 cm³/mol. The zero-order chi connectivity index (χ0) is 15.6. The molecule has 0 bridgehead atoms. The van der Waals surface area contributed by atoms with Crippen LogP contribution in [-0.2, 0) is 4.79 Å². The van der Waals surface area contributed by atoms with Crippen molar-refractivity contribution in [1.29, 1.82) is 0 Å². The maximum atomic E-state index is 11.8. The molecule has 0 amide bonds. The van der Waals surface area contributed by atoms with Crippen molar-refractivity contribution in [2.24, 2.45) is 40.9 Å². The van der Waals surface area contributed by atoms with Crippen LogP contribution in [0.3, 0.4) is 0 Å². The fraction of sp³-hybridized carbons (Fsp3) is 0.850. The Morgan fingerprint density at radius 2 is 1.91 bits per heavy atom. The van der Waals surface area contributed by atoms with Crippen LogP contribution in [0, 0.1) is 40.9 Å². The summed E-state index contributed by atoms with van der Waals surface area (Å²) in [5.41, 5.74) is 1.60. The number of allylic oxidation sites excluding steroid dienone is 1. The van der Waals surface area contributed by atoms with Gasteiger partial charge in [0, 0.05) is 6.42 Å². The van der Waals surface area contributed by atoms with E-state index in [0.29, 0.717) is 29.5 Å². The Bertz CT molecular complexity index is 522. The largest absolute Gasteiger partial charge is 0.393 e. The highest BCUT2D eigenvalue weighted by molar-refractivity contribution is 5.91. The second-order valence-corrected chi connectivity index (χ2v) is 9.05. The first-order valence-corrected chi connectivity index (χ1v) is 9.33. The van der Waals surface area contributed by atoms with E-state index in [1.807, 2.05) is 6.08 Å². The third-order valence-electron chi connectivity index (χ3n) is 7.89. The lowest BCUT2D eigenvalue weighted by atomic mass is 9.47. The second-order valence-electron chi connectivity index (χ2n) is 9.05. The first-order chi connectivity index (χ1) is 10.4. The Hall–Kier alpha value is -0.630. The summed E-state index contributed by atoms with van der Waals surface area (Å²) in [5.74, 6) is 4.52. The molecule has 8 atom stereocenters. The van der Waals surface area contributed by atoms with Crippen molar-refractivity contribution in [3.8, 4) is 0 Å². The first-order valence-electron chi connectivity index (χ1n) is 9.33. The molecule has 4 aliphatic rings. The average Bonchev–Trinajstić information content (AvgIpc) is 2.74. The monoisotopic (exact) mass is 302 g/mol. The zero-order valence-electron chi connectivity index (χ0n) is 14.2. The van der Waals surface area contributed by atoms with Crippen molar-refractivity contribution in [2.45, 2.75) is 65.4 Å². The third kappa shape index (κ3) is 1.92. The summed E-state index contributed by atoms with van der Waals surface area (Å²) < 4.78 is 0. The number of hydrogen-bond donors (Lipinski definition) is 1. The van der Waals surface area contributed by atoms with Gasteiger partial charge in [0.1, 0.15) is 0 Å². The molecule has 3 saturated carbocycles. The summed E-state index contributed by atoms with van der Waals surface area (Å²) in [7, 11) is 0. The molecule has 1 N–H and O–H groups in total. The van der Waals surface area contributed by atoms with Gasteiger partial charge >= 0.3 is 0 Å². The number of aliphatic hydroxyl groups excluding tert-OH is 1. The number of carbonyl (C=O) groups excluding carboxylic acids is 1. The maximum absolute atomic E-state index is 11.8. The van der Waals surface area contributed by atoms with Gasteiger partial charge in [-0.05, 0) is 79.1 Å². The Kier molecular flexibility index (Phi) is 3.35. The van der Waals surface area contributed by atoms with Gasteiger partial charge < -0.3 is 5.11 Å². The van der Waals surface area contributed by atoms with Crippen LogP contribution in [0.4, 0.5) is 0 Å². The number of rotatable bonds is 0. The van der Waals surface area contributed by atoms with Crippen LogP contribution in [0.15, 0.2) is 11.6 Å².